The maximum atomic E-state index is 11.4. The van der Waals surface area contributed by atoms with Gasteiger partial charge in [-0.15, -0.1) is 0 Å². The van der Waals surface area contributed by atoms with E-state index in [4.69, 9.17) is 4.74 Å². The Bertz CT molecular complexity index is 255. The molecule has 3 atom stereocenters. The van der Waals surface area contributed by atoms with E-state index >= 15 is 0 Å². The van der Waals surface area contributed by atoms with Gasteiger partial charge in [-0.25, -0.2) is 4.79 Å². The second-order valence-electron chi connectivity index (χ2n) is 4.16. The second kappa shape index (κ2) is 3.17. The Morgan fingerprint density at radius 3 is 3.08 bits per heavy atom. The van der Waals surface area contributed by atoms with E-state index < -0.39 is 0 Å². The largest absolute Gasteiger partial charge is 0.463 e. The third-order valence-corrected chi connectivity index (χ3v) is 3.12. The van der Waals surface area contributed by atoms with E-state index in [0.29, 0.717) is 18.4 Å². The van der Waals surface area contributed by atoms with Gasteiger partial charge in [-0.05, 0) is 37.5 Å². The topological polar surface area (TPSA) is 26.3 Å². The Balaban J connectivity index is 2.03. The number of carbonyl (C=O) groups is 1. The molecule has 0 aromatic carbocycles. The molecule has 0 spiro atoms. The van der Waals surface area contributed by atoms with E-state index in [-0.39, 0.29) is 5.97 Å². The number of rotatable bonds is 2. The predicted molar refractivity (Wildman–Crippen MR) is 50.1 cm³/mol. The van der Waals surface area contributed by atoms with Crippen LogP contribution in [0.25, 0.3) is 0 Å². The maximum Gasteiger partial charge on any atom is 0.333 e. The Morgan fingerprint density at radius 2 is 2.46 bits per heavy atom. The molecule has 0 saturated heterocycles. The van der Waals surface area contributed by atoms with Gasteiger partial charge in [0.2, 0.25) is 0 Å². The maximum absolute atomic E-state index is 11.4. The number of allylic oxidation sites excluding steroid dienone is 1. The summed E-state index contributed by atoms with van der Waals surface area (Å²) in [7, 11) is 0. The fraction of sp³-hybridized carbons (Fsp3) is 0.727. The number of carbonyl (C=O) groups excluding carboxylic acids is 1. The normalized spacial score (nSPS) is 36.2. The Labute approximate surface area is 79.0 Å². The van der Waals surface area contributed by atoms with Crippen LogP contribution in [0.4, 0.5) is 0 Å². The van der Waals surface area contributed by atoms with Crippen LogP contribution in [0, 0.1) is 17.8 Å². The van der Waals surface area contributed by atoms with Crippen molar-refractivity contribution in [3.05, 3.63) is 11.6 Å². The molecule has 2 aliphatic carbocycles. The van der Waals surface area contributed by atoms with E-state index in [2.05, 4.69) is 13.0 Å². The number of fused-ring (bicyclic) bond motifs is 1. The lowest BCUT2D eigenvalue weighted by atomic mass is 9.90. The van der Waals surface area contributed by atoms with Crippen LogP contribution < -0.4 is 0 Å². The third-order valence-electron chi connectivity index (χ3n) is 3.12. The number of hydrogen-bond acceptors (Lipinski definition) is 2. The minimum atomic E-state index is -0.0975. The molecule has 2 nitrogen and oxygen atoms in total. The van der Waals surface area contributed by atoms with E-state index in [0.717, 1.165) is 17.9 Å². The number of ether oxygens (including phenoxy) is 1. The standard InChI is InChI=1S/C11H16O2/c1-3-13-11(12)9-4-7(2)10-6-8(10)5-9/h5,7-8,10H,3-4,6H2,1-2H3/t7-,8?,10-/m1/s1. The van der Waals surface area contributed by atoms with Gasteiger partial charge in [0.15, 0.2) is 0 Å². The SMILES string of the molecule is CCOC(=O)C1=CC2C[C@@H]2[C@H](C)C1. The summed E-state index contributed by atoms with van der Waals surface area (Å²) in [6.45, 7) is 4.57. The van der Waals surface area contributed by atoms with Crippen LogP contribution in [-0.4, -0.2) is 12.6 Å². The zero-order valence-electron chi connectivity index (χ0n) is 8.25. The van der Waals surface area contributed by atoms with Crippen molar-refractivity contribution < 1.29 is 9.53 Å². The smallest absolute Gasteiger partial charge is 0.333 e. The average molecular weight is 180 g/mol. The molecule has 0 N–H and O–H groups in total. The molecule has 1 fully saturated rings. The van der Waals surface area contributed by atoms with Crippen molar-refractivity contribution in [3.63, 3.8) is 0 Å². The van der Waals surface area contributed by atoms with Crippen molar-refractivity contribution in [2.24, 2.45) is 17.8 Å². The summed E-state index contributed by atoms with van der Waals surface area (Å²) < 4.78 is 4.99. The highest BCUT2D eigenvalue weighted by molar-refractivity contribution is 5.88. The molecular formula is C11H16O2. The van der Waals surface area contributed by atoms with Gasteiger partial charge in [0.05, 0.1) is 6.61 Å². The molecule has 1 saturated carbocycles. The van der Waals surface area contributed by atoms with Crippen LogP contribution in [0.2, 0.25) is 0 Å². The zero-order chi connectivity index (χ0) is 9.42. The molecule has 13 heavy (non-hydrogen) atoms. The van der Waals surface area contributed by atoms with E-state index in [1.54, 1.807) is 0 Å². The molecule has 2 rings (SSSR count). The van der Waals surface area contributed by atoms with Crippen LogP contribution in [0.5, 0.6) is 0 Å². The lowest BCUT2D eigenvalue weighted by molar-refractivity contribution is -0.138. The summed E-state index contributed by atoms with van der Waals surface area (Å²) in [5.41, 5.74) is 0.910. The summed E-state index contributed by atoms with van der Waals surface area (Å²) in [4.78, 5) is 11.4. The first kappa shape index (κ1) is 8.79. The highest BCUT2D eigenvalue weighted by atomic mass is 16.5. The molecule has 72 valence electrons. The molecule has 1 unspecified atom stereocenters. The van der Waals surface area contributed by atoms with Crippen molar-refractivity contribution in [1.29, 1.82) is 0 Å². The van der Waals surface area contributed by atoms with Crippen molar-refractivity contribution in [2.45, 2.75) is 26.7 Å². The monoisotopic (exact) mass is 180 g/mol. The fourth-order valence-corrected chi connectivity index (χ4v) is 2.28. The Morgan fingerprint density at radius 1 is 1.69 bits per heavy atom. The predicted octanol–water partition coefficient (Wildman–Crippen LogP) is 2.15. The third kappa shape index (κ3) is 1.62. The van der Waals surface area contributed by atoms with Crippen LogP contribution >= 0.6 is 0 Å². The van der Waals surface area contributed by atoms with Crippen molar-refractivity contribution in [3.8, 4) is 0 Å². The van der Waals surface area contributed by atoms with Crippen LogP contribution in [0.15, 0.2) is 11.6 Å². The Kier molecular flexibility index (Phi) is 2.14. The van der Waals surface area contributed by atoms with Gasteiger partial charge < -0.3 is 4.74 Å². The zero-order valence-corrected chi connectivity index (χ0v) is 8.25. The molecule has 0 aromatic heterocycles. The molecule has 0 heterocycles. The summed E-state index contributed by atoms with van der Waals surface area (Å²) in [6.07, 6.45) is 4.33. The minimum absolute atomic E-state index is 0.0975. The highest BCUT2D eigenvalue weighted by Gasteiger charge is 2.43. The first-order valence-electron chi connectivity index (χ1n) is 5.10. The summed E-state index contributed by atoms with van der Waals surface area (Å²) in [6, 6.07) is 0. The van der Waals surface area contributed by atoms with Gasteiger partial charge in [-0.3, -0.25) is 0 Å². The molecular weight excluding hydrogens is 164 g/mol. The average Bonchev–Trinajstić information content (AvgIpc) is 2.84. The van der Waals surface area contributed by atoms with Crippen LogP contribution in [0.1, 0.15) is 26.7 Å². The highest BCUT2D eigenvalue weighted by Crippen LogP contribution is 2.51. The van der Waals surface area contributed by atoms with Crippen LogP contribution in [0.3, 0.4) is 0 Å². The van der Waals surface area contributed by atoms with Crippen LogP contribution in [-0.2, 0) is 9.53 Å². The van der Waals surface area contributed by atoms with Gasteiger partial charge in [-0.1, -0.05) is 13.0 Å². The van der Waals surface area contributed by atoms with Gasteiger partial charge in [-0.2, -0.15) is 0 Å². The van der Waals surface area contributed by atoms with Crippen molar-refractivity contribution in [2.75, 3.05) is 6.61 Å². The van der Waals surface area contributed by atoms with Gasteiger partial charge in [0.1, 0.15) is 0 Å². The summed E-state index contributed by atoms with van der Waals surface area (Å²) in [5.74, 6) is 2.12. The molecule has 2 heteroatoms. The van der Waals surface area contributed by atoms with E-state index in [9.17, 15) is 4.79 Å². The van der Waals surface area contributed by atoms with E-state index in [1.807, 2.05) is 6.92 Å². The lowest BCUT2D eigenvalue weighted by Gasteiger charge is -2.17. The first-order valence-corrected chi connectivity index (χ1v) is 5.10. The molecule has 0 aromatic rings. The molecule has 0 amide bonds. The summed E-state index contributed by atoms with van der Waals surface area (Å²) in [5, 5.41) is 0. The minimum Gasteiger partial charge on any atom is -0.463 e. The van der Waals surface area contributed by atoms with Crippen molar-refractivity contribution in [1.82, 2.24) is 0 Å². The quantitative estimate of drug-likeness (QED) is 0.609. The molecule has 0 radical (unpaired) electrons. The first-order chi connectivity index (χ1) is 6.22. The van der Waals surface area contributed by atoms with Gasteiger partial charge in [0.25, 0.3) is 0 Å². The molecule has 2 aliphatic rings. The van der Waals surface area contributed by atoms with E-state index in [1.165, 1.54) is 6.42 Å². The van der Waals surface area contributed by atoms with Crippen molar-refractivity contribution >= 4 is 5.97 Å². The number of esters is 1. The Hall–Kier alpha value is -0.790. The van der Waals surface area contributed by atoms with Gasteiger partial charge in [0, 0.05) is 5.57 Å². The number of hydrogen-bond donors (Lipinski definition) is 0. The fourth-order valence-electron chi connectivity index (χ4n) is 2.28. The second-order valence-corrected chi connectivity index (χ2v) is 4.16. The van der Waals surface area contributed by atoms with Gasteiger partial charge >= 0.3 is 5.97 Å². The molecule has 0 bridgehead atoms. The summed E-state index contributed by atoms with van der Waals surface area (Å²) >= 11 is 0. The molecule has 0 aliphatic heterocycles. The lowest BCUT2D eigenvalue weighted by Crippen LogP contribution is -2.15.